The standard InChI is InChI=1S/C24H20ClN5OS/c1-30-10-9-27-24(30)32-22-8-6-18(13-20(22)25)29-23-17(14-26)15-28-21-12-16(4-2-3-11-31)5-7-19(21)23/h2,4-10,12-13,15,31H,3,11H2,1H3,(H,28,29)/b4-2+. The van der Waals surface area contributed by atoms with Gasteiger partial charge in [-0.05, 0) is 36.2 Å². The molecule has 0 fully saturated rings. The third kappa shape index (κ3) is 4.78. The normalized spacial score (nSPS) is 11.2. The van der Waals surface area contributed by atoms with Crippen molar-refractivity contribution in [2.45, 2.75) is 16.5 Å². The van der Waals surface area contributed by atoms with E-state index in [9.17, 15) is 5.26 Å². The van der Waals surface area contributed by atoms with Crippen molar-refractivity contribution in [1.29, 1.82) is 5.26 Å². The van der Waals surface area contributed by atoms with Crippen LogP contribution in [0.3, 0.4) is 0 Å². The number of hydrogen-bond acceptors (Lipinski definition) is 6. The molecule has 0 amide bonds. The molecule has 8 heteroatoms. The van der Waals surface area contributed by atoms with Crippen LogP contribution >= 0.6 is 23.4 Å². The van der Waals surface area contributed by atoms with E-state index in [-0.39, 0.29) is 6.61 Å². The summed E-state index contributed by atoms with van der Waals surface area (Å²) < 4.78 is 1.93. The van der Waals surface area contributed by atoms with E-state index < -0.39 is 0 Å². The average Bonchev–Trinajstić information content (AvgIpc) is 3.20. The molecule has 2 aromatic heterocycles. The summed E-state index contributed by atoms with van der Waals surface area (Å²) in [5, 5.41) is 24.2. The fraction of sp³-hybridized carbons (Fsp3) is 0.125. The summed E-state index contributed by atoms with van der Waals surface area (Å²) in [5.74, 6) is 0. The Bertz CT molecular complexity index is 1340. The summed E-state index contributed by atoms with van der Waals surface area (Å²) in [6, 6.07) is 13.8. The Labute approximate surface area is 195 Å². The molecule has 0 aliphatic heterocycles. The molecule has 0 radical (unpaired) electrons. The maximum atomic E-state index is 9.62. The molecule has 0 unspecified atom stereocenters. The molecule has 2 N–H and O–H groups in total. The van der Waals surface area contributed by atoms with E-state index in [1.54, 1.807) is 12.4 Å². The maximum absolute atomic E-state index is 9.62. The fourth-order valence-electron chi connectivity index (χ4n) is 3.18. The lowest BCUT2D eigenvalue weighted by atomic mass is 10.1. The number of aliphatic hydroxyl groups excluding tert-OH is 1. The number of benzene rings is 2. The van der Waals surface area contributed by atoms with Crippen LogP contribution in [0.5, 0.6) is 0 Å². The van der Waals surface area contributed by atoms with Crippen molar-refractivity contribution in [3.63, 3.8) is 0 Å². The van der Waals surface area contributed by atoms with Crippen molar-refractivity contribution in [3.05, 3.63) is 77.2 Å². The van der Waals surface area contributed by atoms with Gasteiger partial charge in [-0.3, -0.25) is 4.98 Å². The number of anilines is 2. The van der Waals surface area contributed by atoms with Gasteiger partial charge in [0.1, 0.15) is 6.07 Å². The van der Waals surface area contributed by atoms with Crippen LogP contribution in [-0.2, 0) is 7.05 Å². The van der Waals surface area contributed by atoms with E-state index in [2.05, 4.69) is 21.4 Å². The second kappa shape index (κ2) is 9.88. The minimum Gasteiger partial charge on any atom is -0.396 e. The second-order valence-electron chi connectivity index (χ2n) is 7.04. The van der Waals surface area contributed by atoms with Gasteiger partial charge >= 0.3 is 0 Å². The summed E-state index contributed by atoms with van der Waals surface area (Å²) in [6.07, 6.45) is 9.66. The van der Waals surface area contributed by atoms with Gasteiger partial charge < -0.3 is 15.0 Å². The highest BCUT2D eigenvalue weighted by atomic mass is 35.5. The zero-order valence-electron chi connectivity index (χ0n) is 17.3. The molecule has 32 heavy (non-hydrogen) atoms. The number of nitrogens with zero attached hydrogens (tertiary/aromatic N) is 4. The molecule has 2 aromatic carbocycles. The summed E-state index contributed by atoms with van der Waals surface area (Å²) in [6.45, 7) is 0.115. The Morgan fingerprint density at radius 3 is 2.84 bits per heavy atom. The molecule has 0 bridgehead atoms. The zero-order valence-corrected chi connectivity index (χ0v) is 18.9. The summed E-state index contributed by atoms with van der Waals surface area (Å²) in [4.78, 5) is 9.66. The highest BCUT2D eigenvalue weighted by Gasteiger charge is 2.12. The van der Waals surface area contributed by atoms with E-state index in [1.807, 2.05) is 66.4 Å². The van der Waals surface area contributed by atoms with Crippen molar-refractivity contribution in [2.24, 2.45) is 7.05 Å². The van der Waals surface area contributed by atoms with Crippen molar-refractivity contribution >= 4 is 51.7 Å². The third-order valence-corrected chi connectivity index (χ3v) is 6.38. The summed E-state index contributed by atoms with van der Waals surface area (Å²) >= 11 is 8.03. The van der Waals surface area contributed by atoms with E-state index in [4.69, 9.17) is 16.7 Å². The van der Waals surface area contributed by atoms with Gasteiger partial charge in [-0.15, -0.1) is 0 Å². The van der Waals surface area contributed by atoms with E-state index in [0.29, 0.717) is 22.7 Å². The van der Waals surface area contributed by atoms with Crippen LogP contribution in [0.4, 0.5) is 11.4 Å². The Kier molecular flexibility index (Phi) is 6.76. The van der Waals surface area contributed by atoms with Gasteiger partial charge in [-0.1, -0.05) is 47.6 Å². The fourth-order valence-corrected chi connectivity index (χ4v) is 4.29. The summed E-state index contributed by atoms with van der Waals surface area (Å²) in [5.41, 5.74) is 3.65. The van der Waals surface area contributed by atoms with Crippen LogP contribution in [0.2, 0.25) is 5.02 Å². The zero-order chi connectivity index (χ0) is 22.5. The smallest absolute Gasteiger partial charge is 0.172 e. The first-order valence-electron chi connectivity index (χ1n) is 9.91. The van der Waals surface area contributed by atoms with Gasteiger partial charge in [-0.2, -0.15) is 5.26 Å². The number of aromatic nitrogens is 3. The van der Waals surface area contributed by atoms with E-state index >= 15 is 0 Å². The molecular formula is C24H20ClN5OS. The van der Waals surface area contributed by atoms with E-state index in [1.165, 1.54) is 11.8 Å². The second-order valence-corrected chi connectivity index (χ2v) is 8.46. The number of imidazole rings is 1. The monoisotopic (exact) mass is 461 g/mol. The van der Waals surface area contributed by atoms with Gasteiger partial charge in [-0.25, -0.2) is 4.98 Å². The number of hydrogen-bond donors (Lipinski definition) is 2. The van der Waals surface area contributed by atoms with E-state index in [0.717, 1.165) is 32.2 Å². The lowest BCUT2D eigenvalue weighted by molar-refractivity contribution is 0.303. The van der Waals surface area contributed by atoms with Gasteiger partial charge in [0.05, 0.1) is 21.8 Å². The molecule has 2 heterocycles. The van der Waals surface area contributed by atoms with Gasteiger partial charge in [0, 0.05) is 48.2 Å². The highest BCUT2D eigenvalue weighted by molar-refractivity contribution is 7.99. The number of aliphatic hydroxyl groups is 1. The molecule has 4 aromatic rings. The predicted molar refractivity (Wildman–Crippen MR) is 129 cm³/mol. The van der Waals surface area contributed by atoms with Crippen LogP contribution in [0, 0.1) is 11.3 Å². The van der Waals surface area contributed by atoms with Crippen molar-refractivity contribution in [3.8, 4) is 6.07 Å². The molecule has 0 saturated heterocycles. The molecule has 4 rings (SSSR count). The first kappa shape index (κ1) is 21.9. The van der Waals surface area contributed by atoms with Gasteiger partial charge in [0.15, 0.2) is 5.16 Å². The Morgan fingerprint density at radius 2 is 2.12 bits per heavy atom. The Hall–Kier alpha value is -3.31. The quantitative estimate of drug-likeness (QED) is 0.362. The molecule has 0 saturated carbocycles. The number of nitrogens with one attached hydrogen (secondary N) is 1. The number of aryl methyl sites for hydroxylation is 1. The van der Waals surface area contributed by atoms with Crippen LogP contribution in [0.1, 0.15) is 17.5 Å². The topological polar surface area (TPSA) is 86.8 Å². The largest absolute Gasteiger partial charge is 0.396 e. The minimum absolute atomic E-state index is 0.115. The van der Waals surface area contributed by atoms with Crippen LogP contribution < -0.4 is 5.32 Å². The Morgan fingerprint density at radius 1 is 1.25 bits per heavy atom. The third-order valence-electron chi connectivity index (χ3n) is 4.80. The minimum atomic E-state index is 0.115. The molecular weight excluding hydrogens is 442 g/mol. The van der Waals surface area contributed by atoms with Crippen molar-refractivity contribution < 1.29 is 5.11 Å². The van der Waals surface area contributed by atoms with Crippen LogP contribution in [0.25, 0.3) is 17.0 Å². The average molecular weight is 462 g/mol. The number of halogens is 1. The SMILES string of the molecule is Cn1ccnc1Sc1ccc(Nc2c(C#N)cnc3cc(/C=C/CCO)ccc23)cc1Cl. The van der Waals surface area contributed by atoms with Crippen LogP contribution in [0.15, 0.2) is 71.1 Å². The molecule has 0 aliphatic carbocycles. The van der Waals surface area contributed by atoms with Gasteiger partial charge in [0.25, 0.3) is 0 Å². The molecule has 0 aliphatic rings. The summed E-state index contributed by atoms with van der Waals surface area (Å²) in [7, 11) is 1.94. The lowest BCUT2D eigenvalue weighted by Gasteiger charge is -2.13. The Balaban J connectivity index is 1.65. The molecule has 160 valence electrons. The van der Waals surface area contributed by atoms with Crippen molar-refractivity contribution in [2.75, 3.05) is 11.9 Å². The first-order chi connectivity index (χ1) is 15.6. The lowest BCUT2D eigenvalue weighted by Crippen LogP contribution is -1.97. The molecule has 6 nitrogen and oxygen atoms in total. The van der Waals surface area contributed by atoms with Crippen LogP contribution in [-0.4, -0.2) is 26.2 Å². The number of pyridine rings is 1. The first-order valence-corrected chi connectivity index (χ1v) is 11.1. The van der Waals surface area contributed by atoms with Gasteiger partial charge in [0.2, 0.25) is 0 Å². The number of fused-ring (bicyclic) bond motifs is 1. The number of rotatable bonds is 7. The molecule has 0 spiro atoms. The number of nitriles is 1. The highest BCUT2D eigenvalue weighted by Crippen LogP contribution is 2.36. The van der Waals surface area contributed by atoms with Crippen molar-refractivity contribution in [1.82, 2.24) is 14.5 Å². The maximum Gasteiger partial charge on any atom is 0.172 e. The molecule has 0 atom stereocenters. The predicted octanol–water partition coefficient (Wildman–Crippen LogP) is 5.78.